The summed E-state index contributed by atoms with van der Waals surface area (Å²) in [6, 6.07) is -0.800. The molecule has 1 amide bonds. The minimum Gasteiger partial charge on any atom is -0.511 e. The molecule has 0 aromatic carbocycles. The summed E-state index contributed by atoms with van der Waals surface area (Å²) in [7, 11) is 0. The second-order valence-corrected chi connectivity index (χ2v) is 18.8. The second-order valence-electron chi connectivity index (χ2n) is 17.7. The minimum atomic E-state index is -1.72. The number of Topliss-reactive ketones (excluding diaryl/α,β-unsaturated/α-hetero) is 1. The van der Waals surface area contributed by atoms with Crippen molar-refractivity contribution in [2.45, 2.75) is 135 Å². The lowest BCUT2D eigenvalue weighted by Crippen LogP contribution is -2.58. The Bertz CT molecular complexity index is 2000. The van der Waals surface area contributed by atoms with Gasteiger partial charge in [0, 0.05) is 29.7 Å². The van der Waals surface area contributed by atoms with E-state index in [-0.39, 0.29) is 74.3 Å². The highest BCUT2D eigenvalue weighted by Crippen LogP contribution is 2.61. The van der Waals surface area contributed by atoms with Gasteiger partial charge in [-0.05, 0) is 82.5 Å². The van der Waals surface area contributed by atoms with Gasteiger partial charge in [-0.15, -0.1) is 0 Å². The smallest absolute Gasteiger partial charge is 0.346 e. The number of aliphatic carboxylic acids is 1. The molecule has 0 radical (unpaired) electrons. The second kappa shape index (κ2) is 16.6. The summed E-state index contributed by atoms with van der Waals surface area (Å²) >= 11 is 18.3. The lowest BCUT2D eigenvalue weighted by Gasteiger charge is -2.55. The first-order valence-electron chi connectivity index (χ1n) is 21.0. The number of halogens is 3. The van der Waals surface area contributed by atoms with E-state index in [4.69, 9.17) is 49.0 Å². The predicted molar refractivity (Wildman–Crippen MR) is 221 cm³/mol. The Labute approximate surface area is 359 Å². The van der Waals surface area contributed by atoms with Crippen LogP contribution >= 0.6 is 34.8 Å². The number of carboxylic acids is 1. The first-order valence-corrected chi connectivity index (χ1v) is 22.1. The third kappa shape index (κ3) is 7.21. The zero-order valence-electron chi connectivity index (χ0n) is 34.1. The molecule has 6 aliphatic rings. The zero-order valence-corrected chi connectivity index (χ0v) is 36.3. The van der Waals surface area contributed by atoms with E-state index >= 15 is 4.79 Å². The van der Waals surface area contributed by atoms with Crippen molar-refractivity contribution in [3.63, 3.8) is 0 Å². The Morgan fingerprint density at radius 1 is 1.07 bits per heavy atom. The topological polar surface area (TPSA) is 184 Å². The van der Waals surface area contributed by atoms with E-state index in [0.717, 1.165) is 19.3 Å². The first-order chi connectivity index (χ1) is 27.9. The van der Waals surface area contributed by atoms with Gasteiger partial charge >= 0.3 is 11.9 Å². The minimum absolute atomic E-state index is 0.00955. The van der Waals surface area contributed by atoms with Gasteiger partial charge < -0.3 is 39.8 Å². The number of aromatic amines is 1. The van der Waals surface area contributed by atoms with Crippen LogP contribution in [-0.2, 0) is 28.6 Å². The number of carbonyl (C=O) groups excluding carboxylic acids is 3. The van der Waals surface area contributed by atoms with Crippen LogP contribution in [0, 0.1) is 40.4 Å². The number of esters is 1. The number of ether oxygens (including phenoxy) is 3. The van der Waals surface area contributed by atoms with Crippen LogP contribution in [0.4, 0.5) is 0 Å². The Kier molecular flexibility index (Phi) is 12.4. The fraction of sp³-hybridized carbons (Fsp3) is 0.636. The zero-order chi connectivity index (χ0) is 42.8. The van der Waals surface area contributed by atoms with E-state index < -0.39 is 76.6 Å². The summed E-state index contributed by atoms with van der Waals surface area (Å²) in [6.45, 7) is 9.43. The number of aromatic nitrogens is 1. The Morgan fingerprint density at radius 3 is 2.46 bits per heavy atom. The molecule has 2 saturated heterocycles. The van der Waals surface area contributed by atoms with Crippen LogP contribution in [0.3, 0.4) is 0 Å². The van der Waals surface area contributed by atoms with Gasteiger partial charge in [-0.3, -0.25) is 9.59 Å². The maximum atomic E-state index is 15.1. The Morgan fingerprint density at radius 2 is 1.81 bits per heavy atom. The molecule has 7 rings (SSSR count). The number of carbonyl (C=O) groups is 4. The van der Waals surface area contributed by atoms with Gasteiger partial charge in [0.05, 0.1) is 39.8 Å². The highest BCUT2D eigenvalue weighted by atomic mass is 35.5. The number of H-pyrrole nitrogens is 1. The highest BCUT2D eigenvalue weighted by Gasteiger charge is 2.67. The van der Waals surface area contributed by atoms with Crippen LogP contribution in [0.1, 0.15) is 109 Å². The van der Waals surface area contributed by atoms with Crippen molar-refractivity contribution in [1.29, 1.82) is 0 Å². The maximum absolute atomic E-state index is 15.1. The number of hydrogen-bond acceptors (Lipinski definition) is 9. The van der Waals surface area contributed by atoms with E-state index in [1.807, 2.05) is 26.0 Å². The van der Waals surface area contributed by atoms with E-state index in [9.17, 15) is 29.7 Å². The molecular formula is C44H55Cl3N2O10. The third-order valence-electron chi connectivity index (χ3n) is 14.6. The molecule has 12 nitrogen and oxygen atoms in total. The molecule has 322 valence electrons. The lowest BCUT2D eigenvalue weighted by molar-refractivity contribution is -0.258. The van der Waals surface area contributed by atoms with Crippen LogP contribution in [0.2, 0.25) is 15.2 Å². The van der Waals surface area contributed by atoms with Crippen LogP contribution in [0.15, 0.2) is 47.3 Å². The van der Waals surface area contributed by atoms with Gasteiger partial charge in [0.1, 0.15) is 22.2 Å². The van der Waals surface area contributed by atoms with Crippen molar-refractivity contribution in [1.82, 2.24) is 10.3 Å². The number of allylic oxidation sites excluding steroid dienone is 3. The van der Waals surface area contributed by atoms with Crippen molar-refractivity contribution in [2.75, 3.05) is 0 Å². The molecular weight excluding hydrogens is 823 g/mol. The number of fused-ring (bicyclic) bond motifs is 4. The molecule has 2 bridgehead atoms. The third-order valence-corrected chi connectivity index (χ3v) is 15.8. The fourth-order valence-corrected chi connectivity index (χ4v) is 12.0. The van der Waals surface area contributed by atoms with E-state index in [0.29, 0.717) is 32.1 Å². The normalized spacial score (nSPS) is 41.5. The number of aliphatic hydroxyl groups excluding tert-OH is 2. The maximum Gasteiger partial charge on any atom is 0.346 e. The van der Waals surface area contributed by atoms with E-state index in [1.54, 1.807) is 19.9 Å². The molecule has 1 aromatic heterocycles. The standard InChI is InChI=1S/C44H55Cl3N2O10/c1-6-23-19-44-37(52)30(41(56)59-44)36(51)43(7-2)24(12-10-8-9-11-17-42(44,5)20-26(23)40(54)55)14-15-25-27(43)16-13-21(3)35(25)58-29-18-28(50)33(22(4)57-29)49-39(53)34-31(45)32(46)38(47)48-34/h11,14-15,17,20-25,27-29,33,35,48,50-51H,6-10,12-13,16,18-19H2,1-5H3,(H,49,53)(H,54,55)/b17-11+,36-30+/t21-,22+,23-,24+,25-,27-,28+,29-,33+,35-,42-,43+,44+/m0/s1. The number of rotatable bonds is 7. The molecule has 13 atom stereocenters. The number of carboxylic acid groups (broad SMARTS) is 1. The van der Waals surface area contributed by atoms with Crippen LogP contribution in [0.25, 0.3) is 0 Å². The highest BCUT2D eigenvalue weighted by molar-refractivity contribution is 6.49. The van der Waals surface area contributed by atoms with Gasteiger partial charge in [0.15, 0.2) is 11.9 Å². The number of aliphatic hydroxyl groups is 2. The van der Waals surface area contributed by atoms with Crippen molar-refractivity contribution < 1.29 is 48.7 Å². The summed E-state index contributed by atoms with van der Waals surface area (Å²) in [5, 5.41) is 37.1. The van der Waals surface area contributed by atoms with Crippen molar-refractivity contribution >= 4 is 58.4 Å². The SMILES string of the molecule is CC[C@H]1C[C@]23OC(=O)/C(=C(/O)[C@]4(CC)[C@@H](C=C[C@@H]5[C@@H](O[C@H]6C[C@@H](O)[C@H](NC(=O)c7[nH]c(Cl)c(Cl)c7Cl)[C@@H](C)O6)[C@@H](C)CC[C@@H]54)CCCC/C=C/[C@@]2(C)C=C1C(=O)O)C3=O. The van der Waals surface area contributed by atoms with Gasteiger partial charge in [0.25, 0.3) is 5.91 Å². The molecule has 1 saturated carbocycles. The number of ketones is 1. The van der Waals surface area contributed by atoms with Crippen molar-refractivity contribution in [2.24, 2.45) is 40.4 Å². The summed E-state index contributed by atoms with van der Waals surface area (Å²) in [5.41, 5.74) is -4.18. The Balaban J connectivity index is 1.21. The van der Waals surface area contributed by atoms with Gasteiger partial charge in [-0.25, -0.2) is 9.59 Å². The molecule has 15 heteroatoms. The van der Waals surface area contributed by atoms with Crippen LogP contribution in [-0.4, -0.2) is 80.2 Å². The summed E-state index contributed by atoms with van der Waals surface area (Å²) in [5.74, 6) is -4.60. The lowest BCUT2D eigenvalue weighted by atomic mass is 9.50. The fourth-order valence-electron chi connectivity index (χ4n) is 11.3. The van der Waals surface area contributed by atoms with Gasteiger partial charge in [0.2, 0.25) is 5.78 Å². The van der Waals surface area contributed by atoms with Crippen molar-refractivity contribution in [3.05, 3.63) is 68.2 Å². The van der Waals surface area contributed by atoms with Crippen LogP contribution < -0.4 is 5.32 Å². The van der Waals surface area contributed by atoms with Gasteiger partial charge in [-0.2, -0.15) is 0 Å². The largest absolute Gasteiger partial charge is 0.511 e. The predicted octanol–water partition coefficient (Wildman–Crippen LogP) is 8.45. The molecule has 1 spiro atoms. The molecule has 2 aliphatic heterocycles. The average Bonchev–Trinajstić information content (AvgIpc) is 3.60. The molecule has 1 aromatic rings. The Hall–Kier alpha value is -3.13. The molecule has 5 N–H and O–H groups in total. The molecule has 3 heterocycles. The first kappa shape index (κ1) is 43.9. The quantitative estimate of drug-likeness (QED) is 0.101. The summed E-state index contributed by atoms with van der Waals surface area (Å²) < 4.78 is 19.3. The summed E-state index contributed by atoms with van der Waals surface area (Å²) in [4.78, 5) is 57.5. The van der Waals surface area contributed by atoms with Gasteiger partial charge in [-0.1, -0.05) is 92.4 Å². The van der Waals surface area contributed by atoms with E-state index in [1.165, 1.54) is 0 Å². The molecule has 3 fully saturated rings. The monoisotopic (exact) mass is 876 g/mol. The average molecular weight is 878 g/mol. The molecule has 0 unspecified atom stereocenters. The van der Waals surface area contributed by atoms with Crippen molar-refractivity contribution in [3.8, 4) is 0 Å². The summed E-state index contributed by atoms with van der Waals surface area (Å²) in [6.07, 6.45) is 12.1. The van der Waals surface area contributed by atoms with E-state index in [2.05, 4.69) is 29.4 Å². The molecule has 59 heavy (non-hydrogen) atoms. The molecule has 4 aliphatic carbocycles. The number of nitrogens with one attached hydrogen (secondary N) is 2. The number of hydrogen-bond donors (Lipinski definition) is 5. The van der Waals surface area contributed by atoms with Crippen LogP contribution in [0.5, 0.6) is 0 Å². The number of amides is 1.